The topological polar surface area (TPSA) is 75.4 Å². The smallest absolute Gasteiger partial charge is 0.274 e. The average molecular weight is 283 g/mol. The third-order valence-electron chi connectivity index (χ3n) is 3.57. The number of nitrogens with one attached hydrogen (secondary N) is 1. The van der Waals surface area contributed by atoms with E-state index in [1.165, 1.54) is 5.56 Å². The Bertz CT molecular complexity index is 504. The number of hydrogen-bond donors (Lipinski definition) is 2. The van der Waals surface area contributed by atoms with Crippen LogP contribution in [0, 0.1) is 0 Å². The Hall–Kier alpha value is -0.950. The van der Waals surface area contributed by atoms with Crippen LogP contribution in [-0.4, -0.2) is 31.9 Å². The monoisotopic (exact) mass is 283 g/mol. The summed E-state index contributed by atoms with van der Waals surface area (Å²) in [7, 11) is -3.59. The van der Waals surface area contributed by atoms with E-state index in [0.717, 1.165) is 25.9 Å². The highest BCUT2D eigenvalue weighted by molar-refractivity contribution is 7.87. The summed E-state index contributed by atoms with van der Waals surface area (Å²) in [5, 5.41) is 5.02. The number of benzene rings is 1. The lowest BCUT2D eigenvalue weighted by Crippen LogP contribution is -2.49. The fourth-order valence-corrected chi connectivity index (χ4v) is 3.29. The molecule has 0 spiro atoms. The Morgan fingerprint density at radius 2 is 2.05 bits per heavy atom. The minimum Gasteiger partial charge on any atom is -0.296 e. The lowest BCUT2D eigenvalue weighted by Gasteiger charge is -2.37. The predicted molar refractivity (Wildman–Crippen MR) is 75.6 cm³/mol. The second-order valence-electron chi connectivity index (χ2n) is 5.19. The molecule has 2 unspecified atom stereocenters. The molecule has 3 N–H and O–H groups in total. The van der Waals surface area contributed by atoms with Crippen molar-refractivity contribution in [1.29, 1.82) is 0 Å². The van der Waals surface area contributed by atoms with Crippen molar-refractivity contribution in [1.82, 2.24) is 9.62 Å². The van der Waals surface area contributed by atoms with Gasteiger partial charge in [0.15, 0.2) is 0 Å². The summed E-state index contributed by atoms with van der Waals surface area (Å²) in [4.78, 5) is 2.37. The number of nitrogens with zero attached hydrogens (tertiary/aromatic N) is 1. The van der Waals surface area contributed by atoms with Gasteiger partial charge in [-0.1, -0.05) is 30.3 Å². The Labute approximate surface area is 115 Å². The number of piperidine rings is 1. The Kier molecular flexibility index (Phi) is 4.57. The molecule has 5 nitrogen and oxygen atoms in total. The van der Waals surface area contributed by atoms with Crippen molar-refractivity contribution in [2.24, 2.45) is 5.14 Å². The lowest BCUT2D eigenvalue weighted by atomic mass is 9.98. The Morgan fingerprint density at radius 3 is 2.63 bits per heavy atom. The van der Waals surface area contributed by atoms with Gasteiger partial charge in [-0.15, -0.1) is 0 Å². The lowest BCUT2D eigenvalue weighted by molar-refractivity contribution is 0.135. The maximum absolute atomic E-state index is 11.0. The third kappa shape index (κ3) is 4.58. The summed E-state index contributed by atoms with van der Waals surface area (Å²) < 4.78 is 24.6. The first kappa shape index (κ1) is 14.5. The third-order valence-corrected chi connectivity index (χ3v) is 4.24. The summed E-state index contributed by atoms with van der Waals surface area (Å²) in [5.74, 6) is 0. The van der Waals surface area contributed by atoms with Crippen molar-refractivity contribution >= 4 is 10.2 Å². The van der Waals surface area contributed by atoms with Gasteiger partial charge in [-0.25, -0.2) is 5.14 Å². The molecule has 0 aliphatic carbocycles. The summed E-state index contributed by atoms with van der Waals surface area (Å²) >= 11 is 0. The predicted octanol–water partition coefficient (Wildman–Crippen LogP) is 0.833. The summed E-state index contributed by atoms with van der Waals surface area (Å²) in [5.41, 5.74) is 1.28. The number of likely N-dealkylation sites (tertiary alicyclic amines) is 1. The molecule has 2 atom stereocenters. The molecule has 1 aliphatic rings. The molecule has 0 amide bonds. The van der Waals surface area contributed by atoms with Crippen LogP contribution in [0.5, 0.6) is 0 Å². The molecule has 1 saturated heterocycles. The highest BCUT2D eigenvalue weighted by Crippen LogP contribution is 2.20. The van der Waals surface area contributed by atoms with Crippen molar-refractivity contribution in [3.05, 3.63) is 35.9 Å². The van der Waals surface area contributed by atoms with E-state index < -0.39 is 10.2 Å². The molecule has 6 heteroatoms. The maximum Gasteiger partial charge on any atom is 0.274 e. The number of nitrogens with two attached hydrogens (primary N) is 1. The molecule has 106 valence electrons. The first-order valence-corrected chi connectivity index (χ1v) is 8.07. The van der Waals surface area contributed by atoms with Gasteiger partial charge < -0.3 is 0 Å². The van der Waals surface area contributed by atoms with Crippen molar-refractivity contribution < 1.29 is 8.42 Å². The first-order chi connectivity index (χ1) is 8.94. The average Bonchev–Trinajstić information content (AvgIpc) is 2.32. The maximum atomic E-state index is 11.0. The van der Waals surface area contributed by atoms with Crippen molar-refractivity contribution in [3.63, 3.8) is 0 Å². The van der Waals surface area contributed by atoms with E-state index in [1.807, 2.05) is 18.2 Å². The molecule has 0 saturated carbocycles. The van der Waals surface area contributed by atoms with Crippen molar-refractivity contribution in [3.8, 4) is 0 Å². The minimum atomic E-state index is -3.59. The quantitative estimate of drug-likeness (QED) is 0.859. The normalized spacial score (nSPS) is 25.4. The largest absolute Gasteiger partial charge is 0.296 e. The zero-order valence-electron chi connectivity index (χ0n) is 11.1. The van der Waals surface area contributed by atoms with Crippen LogP contribution in [0.15, 0.2) is 30.3 Å². The molecule has 1 fully saturated rings. The van der Waals surface area contributed by atoms with Gasteiger partial charge in [-0.05, 0) is 25.3 Å². The molecule has 1 aromatic carbocycles. The molecule has 1 heterocycles. The van der Waals surface area contributed by atoms with Gasteiger partial charge >= 0.3 is 0 Å². The summed E-state index contributed by atoms with van der Waals surface area (Å²) in [6.45, 7) is 3.91. The Balaban J connectivity index is 1.90. The second-order valence-corrected chi connectivity index (χ2v) is 6.51. The molecule has 2 rings (SSSR count). The molecule has 1 aliphatic heterocycles. The van der Waals surface area contributed by atoms with E-state index in [2.05, 4.69) is 28.7 Å². The summed E-state index contributed by atoms with van der Waals surface area (Å²) in [6.07, 6.45) is 1.59. The van der Waals surface area contributed by atoms with E-state index in [1.54, 1.807) is 0 Å². The van der Waals surface area contributed by atoms with Crippen LogP contribution in [0.2, 0.25) is 0 Å². The van der Waals surface area contributed by atoms with E-state index in [4.69, 9.17) is 5.14 Å². The molecule has 19 heavy (non-hydrogen) atoms. The molecular formula is C13H21N3O2S. The molecule has 1 aromatic rings. The number of rotatable bonds is 4. The van der Waals surface area contributed by atoms with Crippen LogP contribution < -0.4 is 9.86 Å². The fraction of sp³-hybridized carbons (Fsp3) is 0.538. The highest BCUT2D eigenvalue weighted by atomic mass is 32.2. The Morgan fingerprint density at radius 1 is 1.37 bits per heavy atom. The van der Waals surface area contributed by atoms with Gasteiger partial charge in [-0.2, -0.15) is 13.1 Å². The zero-order chi connectivity index (χ0) is 13.9. The van der Waals surface area contributed by atoms with Crippen LogP contribution in [0.3, 0.4) is 0 Å². The van der Waals surface area contributed by atoms with E-state index in [0.29, 0.717) is 6.04 Å². The standard InChI is InChI=1S/C13H21N3O2S/c1-11-9-13(15-19(14,17)18)7-8-16(11)10-12-5-3-2-4-6-12/h2-6,11,13,15H,7-10H2,1H3,(H2,14,17,18). The van der Waals surface area contributed by atoms with E-state index in [-0.39, 0.29) is 6.04 Å². The van der Waals surface area contributed by atoms with Gasteiger partial charge in [0.2, 0.25) is 0 Å². The van der Waals surface area contributed by atoms with Gasteiger partial charge in [0.05, 0.1) is 0 Å². The SMILES string of the molecule is CC1CC(NS(N)(=O)=O)CCN1Cc1ccccc1. The molecule has 0 bridgehead atoms. The molecule has 0 radical (unpaired) electrons. The fourth-order valence-electron chi connectivity index (χ4n) is 2.61. The molecular weight excluding hydrogens is 262 g/mol. The summed E-state index contributed by atoms with van der Waals surface area (Å²) in [6, 6.07) is 10.6. The van der Waals surface area contributed by atoms with Crippen molar-refractivity contribution in [2.75, 3.05) is 6.54 Å². The van der Waals surface area contributed by atoms with Crippen LogP contribution >= 0.6 is 0 Å². The van der Waals surface area contributed by atoms with Gasteiger partial charge in [-0.3, -0.25) is 4.90 Å². The zero-order valence-corrected chi connectivity index (χ0v) is 11.9. The van der Waals surface area contributed by atoms with Crippen LogP contribution in [0.1, 0.15) is 25.3 Å². The van der Waals surface area contributed by atoms with Crippen LogP contribution in [-0.2, 0) is 16.8 Å². The van der Waals surface area contributed by atoms with Crippen molar-refractivity contribution in [2.45, 2.75) is 38.4 Å². The first-order valence-electron chi connectivity index (χ1n) is 6.52. The molecule has 0 aromatic heterocycles. The van der Waals surface area contributed by atoms with Crippen LogP contribution in [0.4, 0.5) is 0 Å². The van der Waals surface area contributed by atoms with E-state index in [9.17, 15) is 8.42 Å². The van der Waals surface area contributed by atoms with Gasteiger partial charge in [0, 0.05) is 25.2 Å². The highest BCUT2D eigenvalue weighted by Gasteiger charge is 2.27. The van der Waals surface area contributed by atoms with Crippen LogP contribution in [0.25, 0.3) is 0 Å². The van der Waals surface area contributed by atoms with Gasteiger partial charge in [0.1, 0.15) is 0 Å². The number of hydrogen-bond acceptors (Lipinski definition) is 3. The van der Waals surface area contributed by atoms with E-state index >= 15 is 0 Å². The second kappa shape index (κ2) is 6.00. The van der Waals surface area contributed by atoms with Gasteiger partial charge in [0.25, 0.3) is 10.2 Å². The minimum absolute atomic E-state index is 0.0444.